The van der Waals surface area contributed by atoms with Crippen LogP contribution in [0.4, 0.5) is 0 Å². The fourth-order valence-corrected chi connectivity index (χ4v) is 7.73. The Morgan fingerprint density at radius 3 is 0.849 bits per heavy atom. The van der Waals surface area contributed by atoms with Gasteiger partial charge in [0.05, 0.1) is 0 Å². The zero-order valence-corrected chi connectivity index (χ0v) is 47.1. The summed E-state index contributed by atoms with van der Waals surface area (Å²) in [6.45, 7) is 6.30. The van der Waals surface area contributed by atoms with E-state index in [0.29, 0.717) is 12.8 Å². The number of allylic oxidation sites excluding steroid dienone is 22. The molecule has 0 spiro atoms. The molecule has 0 saturated heterocycles. The molecule has 1 unspecified atom stereocenters. The van der Waals surface area contributed by atoms with Crippen LogP contribution in [0, 0.1) is 0 Å². The third-order valence-corrected chi connectivity index (χ3v) is 12.1. The van der Waals surface area contributed by atoms with Gasteiger partial charge in [0, 0.05) is 19.3 Å². The average Bonchev–Trinajstić information content (AvgIpc) is 3.39. The lowest BCUT2D eigenvalue weighted by molar-refractivity contribution is -0.167. The molecule has 0 radical (unpaired) electrons. The summed E-state index contributed by atoms with van der Waals surface area (Å²) in [7, 11) is 0. The lowest BCUT2D eigenvalue weighted by Crippen LogP contribution is -2.30. The Balaban J connectivity index is 4.29. The van der Waals surface area contributed by atoms with Crippen molar-refractivity contribution >= 4 is 17.9 Å². The van der Waals surface area contributed by atoms with Gasteiger partial charge < -0.3 is 14.2 Å². The molecule has 73 heavy (non-hydrogen) atoms. The molecular formula is C67H108O6. The van der Waals surface area contributed by atoms with Crippen LogP contribution in [0.2, 0.25) is 0 Å². The van der Waals surface area contributed by atoms with Gasteiger partial charge in [-0.25, -0.2) is 0 Å². The first-order valence-electron chi connectivity index (χ1n) is 29.7. The molecule has 0 fully saturated rings. The van der Waals surface area contributed by atoms with E-state index < -0.39 is 6.10 Å². The smallest absolute Gasteiger partial charge is 0.306 e. The standard InChI is InChI=1S/C67H108O6/c1-4-7-10-13-16-19-22-25-26-27-28-29-30-31-32-33-34-35-36-37-38-39-40-43-45-48-51-54-57-60-66(69)72-63-64(73-67(70)61-58-55-52-49-46-42-24-21-18-15-12-9-6-3)62-71-65(68)59-56-53-50-47-44-41-23-20-17-14-11-8-5-2/h7,9-12,14,16,18-21,23,25-26,28-29,31-32,34-35,42,46,64H,4-6,8,13,15,17,22,24,27,30,33,36-41,43-45,47-63H2,1-3H3/b10-7-,12-9-,14-11-,19-16-,21-18-,23-20-,26-25-,29-28-,32-31-,35-34-,46-42-. The maximum Gasteiger partial charge on any atom is 0.306 e. The normalized spacial score (nSPS) is 13.1. The Kier molecular flexibility index (Phi) is 56.4. The molecule has 0 heterocycles. The van der Waals surface area contributed by atoms with Gasteiger partial charge >= 0.3 is 17.9 Å². The van der Waals surface area contributed by atoms with E-state index >= 15 is 0 Å². The van der Waals surface area contributed by atoms with Crippen molar-refractivity contribution in [3.05, 3.63) is 134 Å². The molecule has 0 N–H and O–H groups in total. The fourth-order valence-electron chi connectivity index (χ4n) is 7.73. The maximum atomic E-state index is 12.8. The van der Waals surface area contributed by atoms with Crippen molar-refractivity contribution in [1.82, 2.24) is 0 Å². The number of ether oxygens (including phenoxy) is 3. The van der Waals surface area contributed by atoms with Crippen molar-refractivity contribution in [2.24, 2.45) is 0 Å². The van der Waals surface area contributed by atoms with Crippen molar-refractivity contribution in [3.8, 4) is 0 Å². The van der Waals surface area contributed by atoms with Gasteiger partial charge in [-0.2, -0.15) is 0 Å². The lowest BCUT2D eigenvalue weighted by Gasteiger charge is -2.18. The molecule has 0 aromatic rings. The van der Waals surface area contributed by atoms with Crippen molar-refractivity contribution < 1.29 is 28.6 Å². The van der Waals surface area contributed by atoms with E-state index in [1.54, 1.807) is 0 Å². The lowest BCUT2D eigenvalue weighted by atomic mass is 10.1. The molecule has 0 aliphatic carbocycles. The highest BCUT2D eigenvalue weighted by molar-refractivity contribution is 5.71. The van der Waals surface area contributed by atoms with Crippen LogP contribution in [0.3, 0.4) is 0 Å². The highest BCUT2D eigenvalue weighted by atomic mass is 16.6. The van der Waals surface area contributed by atoms with E-state index in [1.807, 2.05) is 0 Å². The number of carbonyl (C=O) groups excluding carboxylic acids is 3. The Hall–Kier alpha value is -4.45. The van der Waals surface area contributed by atoms with E-state index in [2.05, 4.69) is 154 Å². The first kappa shape index (κ1) is 68.6. The summed E-state index contributed by atoms with van der Waals surface area (Å²) < 4.78 is 16.8. The molecule has 412 valence electrons. The van der Waals surface area contributed by atoms with E-state index in [4.69, 9.17) is 14.2 Å². The summed E-state index contributed by atoms with van der Waals surface area (Å²) in [5.74, 6) is -0.952. The molecule has 0 aromatic carbocycles. The minimum Gasteiger partial charge on any atom is -0.462 e. The molecule has 0 aromatic heterocycles. The predicted octanol–water partition coefficient (Wildman–Crippen LogP) is 20.2. The van der Waals surface area contributed by atoms with Crippen LogP contribution >= 0.6 is 0 Å². The Labute approximate surface area is 449 Å². The second-order valence-corrected chi connectivity index (χ2v) is 19.1. The number of hydrogen-bond acceptors (Lipinski definition) is 6. The van der Waals surface area contributed by atoms with Crippen LogP contribution in [0.5, 0.6) is 0 Å². The fraction of sp³-hybridized carbons (Fsp3) is 0.627. The van der Waals surface area contributed by atoms with Crippen LogP contribution in [-0.2, 0) is 28.6 Å². The van der Waals surface area contributed by atoms with Crippen LogP contribution in [0.25, 0.3) is 0 Å². The van der Waals surface area contributed by atoms with Gasteiger partial charge in [0.1, 0.15) is 13.2 Å². The molecule has 0 saturated carbocycles. The minimum absolute atomic E-state index is 0.100. The Morgan fingerprint density at radius 1 is 0.288 bits per heavy atom. The summed E-state index contributed by atoms with van der Waals surface area (Å²) in [6.07, 6.45) is 84.6. The molecular weight excluding hydrogens is 901 g/mol. The van der Waals surface area contributed by atoms with Crippen molar-refractivity contribution in [2.45, 2.75) is 258 Å². The predicted molar refractivity (Wildman–Crippen MR) is 316 cm³/mol. The minimum atomic E-state index is -0.805. The molecule has 6 heteroatoms. The molecule has 0 rings (SSSR count). The Bertz CT molecular complexity index is 1580. The summed E-state index contributed by atoms with van der Waals surface area (Å²) in [5.41, 5.74) is 0. The number of esters is 3. The Morgan fingerprint density at radius 2 is 0.534 bits per heavy atom. The van der Waals surface area contributed by atoms with E-state index in [9.17, 15) is 14.4 Å². The average molecular weight is 1010 g/mol. The molecule has 0 aliphatic rings. The van der Waals surface area contributed by atoms with E-state index in [-0.39, 0.29) is 37.5 Å². The number of unbranched alkanes of at least 4 members (excludes halogenated alkanes) is 19. The van der Waals surface area contributed by atoms with Gasteiger partial charge in [-0.15, -0.1) is 0 Å². The third kappa shape index (κ3) is 58.3. The molecule has 1 atom stereocenters. The highest BCUT2D eigenvalue weighted by Gasteiger charge is 2.19. The second kappa shape index (κ2) is 60.1. The zero-order chi connectivity index (χ0) is 52.9. The van der Waals surface area contributed by atoms with E-state index in [1.165, 1.54) is 57.8 Å². The van der Waals surface area contributed by atoms with Crippen molar-refractivity contribution in [3.63, 3.8) is 0 Å². The molecule has 0 amide bonds. The first-order valence-corrected chi connectivity index (χ1v) is 29.7. The van der Waals surface area contributed by atoms with Gasteiger partial charge in [0.2, 0.25) is 0 Å². The number of hydrogen-bond donors (Lipinski definition) is 0. The quantitative estimate of drug-likeness (QED) is 0.0261. The van der Waals surface area contributed by atoms with Gasteiger partial charge in [-0.3, -0.25) is 14.4 Å². The third-order valence-electron chi connectivity index (χ3n) is 12.1. The van der Waals surface area contributed by atoms with E-state index in [0.717, 1.165) is 154 Å². The molecule has 0 bridgehead atoms. The van der Waals surface area contributed by atoms with Crippen molar-refractivity contribution in [1.29, 1.82) is 0 Å². The number of rotatable bonds is 52. The maximum absolute atomic E-state index is 12.8. The second-order valence-electron chi connectivity index (χ2n) is 19.1. The van der Waals surface area contributed by atoms with Gasteiger partial charge in [-0.05, 0) is 128 Å². The van der Waals surface area contributed by atoms with Crippen LogP contribution < -0.4 is 0 Å². The SMILES string of the molecule is CC/C=C\C/C=C\C/C=C\C/C=C\C/C=C\C/C=C\CCCCCCCCCCCCC(=O)OCC(COC(=O)CCCCCCC/C=C\C/C=C\CCC)OC(=O)CCCCC/C=C\C/C=C\C/C=C\CC. The highest BCUT2D eigenvalue weighted by Crippen LogP contribution is 2.14. The molecule has 0 aliphatic heterocycles. The van der Waals surface area contributed by atoms with Crippen LogP contribution in [0.15, 0.2) is 134 Å². The van der Waals surface area contributed by atoms with Gasteiger partial charge in [0.25, 0.3) is 0 Å². The largest absolute Gasteiger partial charge is 0.462 e. The topological polar surface area (TPSA) is 78.9 Å². The monoisotopic (exact) mass is 1010 g/mol. The van der Waals surface area contributed by atoms with Gasteiger partial charge in [-0.1, -0.05) is 238 Å². The summed E-state index contributed by atoms with van der Waals surface area (Å²) >= 11 is 0. The zero-order valence-electron chi connectivity index (χ0n) is 47.1. The summed E-state index contributed by atoms with van der Waals surface area (Å²) in [6, 6.07) is 0. The van der Waals surface area contributed by atoms with Crippen molar-refractivity contribution in [2.75, 3.05) is 13.2 Å². The molecule has 6 nitrogen and oxygen atoms in total. The summed E-state index contributed by atoms with van der Waals surface area (Å²) in [5, 5.41) is 0. The first-order chi connectivity index (χ1) is 36.0. The van der Waals surface area contributed by atoms with Crippen LogP contribution in [-0.4, -0.2) is 37.2 Å². The van der Waals surface area contributed by atoms with Crippen LogP contribution in [0.1, 0.15) is 252 Å². The number of carbonyl (C=O) groups is 3. The summed E-state index contributed by atoms with van der Waals surface area (Å²) in [4.78, 5) is 38.1. The van der Waals surface area contributed by atoms with Gasteiger partial charge in [0.15, 0.2) is 6.10 Å².